The summed E-state index contributed by atoms with van der Waals surface area (Å²) in [5, 5.41) is 17.6. The summed E-state index contributed by atoms with van der Waals surface area (Å²) in [4.78, 5) is 18.0. The first kappa shape index (κ1) is 26.1. The summed E-state index contributed by atoms with van der Waals surface area (Å²) in [6.07, 6.45) is 4.95. The molecule has 2 N–H and O–H groups in total. The Balaban J connectivity index is 1.32. The van der Waals surface area contributed by atoms with E-state index in [9.17, 15) is 0 Å². The zero-order valence-corrected chi connectivity index (χ0v) is 23.7. The summed E-state index contributed by atoms with van der Waals surface area (Å²) in [6.45, 7) is 5.82. The minimum atomic E-state index is 0.382. The molecule has 0 bridgehead atoms. The van der Waals surface area contributed by atoms with Crippen LogP contribution in [0.4, 0.5) is 17.1 Å². The Morgan fingerprint density at radius 3 is 2.60 bits per heavy atom. The van der Waals surface area contributed by atoms with Crippen molar-refractivity contribution in [1.82, 2.24) is 30.0 Å². The summed E-state index contributed by atoms with van der Waals surface area (Å²) < 4.78 is 5.90. The van der Waals surface area contributed by atoms with Crippen LogP contribution in [0.3, 0.4) is 0 Å². The normalized spacial score (nSPS) is 13.9. The number of rotatable bonds is 6. The van der Waals surface area contributed by atoms with Crippen LogP contribution in [0.2, 0.25) is 0 Å². The Morgan fingerprint density at radius 1 is 1.00 bits per heavy atom. The van der Waals surface area contributed by atoms with Crippen LogP contribution in [0, 0.1) is 6.92 Å². The van der Waals surface area contributed by atoms with Crippen molar-refractivity contribution in [1.29, 1.82) is 0 Å². The van der Waals surface area contributed by atoms with Crippen molar-refractivity contribution >= 4 is 57.1 Å². The first-order valence-electron chi connectivity index (χ1n) is 12.8. The highest BCUT2D eigenvalue weighted by molar-refractivity contribution is 7.99. The van der Waals surface area contributed by atoms with Gasteiger partial charge in [-0.15, -0.1) is 10.2 Å². The van der Waals surface area contributed by atoms with E-state index in [1.165, 1.54) is 17.3 Å². The first-order valence-corrected chi connectivity index (χ1v) is 14.0. The monoisotopic (exact) mass is 569 g/mol. The second-order valence-corrected chi connectivity index (χ2v) is 10.9. The van der Waals surface area contributed by atoms with E-state index < -0.39 is 0 Å². The number of likely N-dealkylation sites (N-methyl/N-ethyl adjacent to an activating group) is 1. The highest BCUT2D eigenvalue weighted by atomic mass is 32.2. The van der Waals surface area contributed by atoms with E-state index in [1.807, 2.05) is 30.3 Å². The maximum absolute atomic E-state index is 5.90. The van der Waals surface area contributed by atoms with Crippen molar-refractivity contribution in [2.75, 3.05) is 48.8 Å². The number of benzene rings is 2. The number of fused-ring (bicyclic) bond motifs is 1. The van der Waals surface area contributed by atoms with Crippen molar-refractivity contribution < 1.29 is 4.42 Å². The fraction of sp³-hybridized carbons (Fsp3) is 0.214. The summed E-state index contributed by atoms with van der Waals surface area (Å²) in [5.74, 6) is 0.404. The molecule has 4 heterocycles. The average Bonchev–Trinajstić information content (AvgIpc) is 3.44. The minimum absolute atomic E-state index is 0.382. The van der Waals surface area contributed by atoms with E-state index in [4.69, 9.17) is 16.6 Å². The smallest absolute Gasteiger partial charge is 0.283 e. The van der Waals surface area contributed by atoms with Gasteiger partial charge in [0.15, 0.2) is 5.11 Å². The van der Waals surface area contributed by atoms with E-state index in [1.54, 1.807) is 18.7 Å². The van der Waals surface area contributed by atoms with Crippen LogP contribution in [-0.4, -0.2) is 68.4 Å². The summed E-state index contributed by atoms with van der Waals surface area (Å²) in [5.41, 5.74) is 5.61. The number of hydrogen-bond donors (Lipinski definition) is 2. The molecule has 1 aliphatic rings. The molecular weight excluding hydrogens is 543 g/mol. The van der Waals surface area contributed by atoms with Crippen molar-refractivity contribution in [3.63, 3.8) is 0 Å². The van der Waals surface area contributed by atoms with E-state index >= 15 is 0 Å². The molecule has 0 aliphatic carbocycles. The molecule has 202 valence electrons. The topological polar surface area (TPSA) is 108 Å². The Kier molecular flexibility index (Phi) is 7.53. The number of piperazine rings is 1. The Morgan fingerprint density at radius 2 is 1.82 bits per heavy atom. The van der Waals surface area contributed by atoms with Crippen LogP contribution in [0.1, 0.15) is 5.56 Å². The van der Waals surface area contributed by atoms with Gasteiger partial charge in [-0.25, -0.2) is 9.97 Å². The van der Waals surface area contributed by atoms with Gasteiger partial charge >= 0.3 is 0 Å². The highest BCUT2D eigenvalue weighted by Gasteiger charge is 2.21. The lowest BCUT2D eigenvalue weighted by atomic mass is 10.1. The zero-order chi connectivity index (χ0) is 27.5. The van der Waals surface area contributed by atoms with Gasteiger partial charge < -0.3 is 24.9 Å². The summed E-state index contributed by atoms with van der Waals surface area (Å²) in [7, 11) is 2.14. The molecule has 0 amide bonds. The Labute approximate surface area is 241 Å². The predicted molar refractivity (Wildman–Crippen MR) is 162 cm³/mol. The Hall–Kier alpha value is -4.13. The predicted octanol–water partition coefficient (Wildman–Crippen LogP) is 5.10. The first-order chi connectivity index (χ1) is 19.5. The van der Waals surface area contributed by atoms with Crippen molar-refractivity contribution in [3.05, 3.63) is 72.8 Å². The molecule has 0 atom stereocenters. The second kappa shape index (κ2) is 11.5. The van der Waals surface area contributed by atoms with Gasteiger partial charge in [-0.3, -0.25) is 4.98 Å². The number of thiocarbonyl (C=S) groups is 1. The molecular formula is C28H27N9OS2. The molecule has 1 fully saturated rings. The van der Waals surface area contributed by atoms with Crippen LogP contribution in [0.15, 0.2) is 81.9 Å². The van der Waals surface area contributed by atoms with Crippen molar-refractivity contribution in [2.24, 2.45) is 0 Å². The summed E-state index contributed by atoms with van der Waals surface area (Å²) in [6, 6.07) is 16.0. The number of pyridine rings is 1. The van der Waals surface area contributed by atoms with E-state index in [0.29, 0.717) is 21.3 Å². The SMILES string of the molecule is Cc1ccc(NC(=S)Nc2cc3c(Sc4nnc(-c5cccnc5)o4)ncnc3cc2N2CCN(C)CC2)cc1. The van der Waals surface area contributed by atoms with Crippen LogP contribution in [0.5, 0.6) is 0 Å². The Bertz CT molecular complexity index is 1640. The fourth-order valence-corrected chi connectivity index (χ4v) is 5.39. The largest absolute Gasteiger partial charge is 0.411 e. The number of hydrogen-bond acceptors (Lipinski definition) is 10. The van der Waals surface area contributed by atoms with Gasteiger partial charge in [0.1, 0.15) is 11.4 Å². The van der Waals surface area contributed by atoms with Crippen LogP contribution in [-0.2, 0) is 0 Å². The van der Waals surface area contributed by atoms with Crippen LogP contribution in [0.25, 0.3) is 22.4 Å². The van der Waals surface area contributed by atoms with Gasteiger partial charge in [0.05, 0.1) is 22.5 Å². The van der Waals surface area contributed by atoms with Gasteiger partial charge in [0.25, 0.3) is 5.22 Å². The number of anilines is 3. The molecule has 12 heteroatoms. The molecule has 0 spiro atoms. The lowest BCUT2D eigenvalue weighted by molar-refractivity contribution is 0.313. The molecule has 6 rings (SSSR count). The molecule has 3 aromatic heterocycles. The van der Waals surface area contributed by atoms with E-state index in [2.05, 4.69) is 77.8 Å². The number of aryl methyl sites for hydroxylation is 1. The van der Waals surface area contributed by atoms with Gasteiger partial charge in [-0.05, 0) is 74.3 Å². The maximum Gasteiger partial charge on any atom is 0.283 e. The maximum atomic E-state index is 5.90. The zero-order valence-electron chi connectivity index (χ0n) is 22.0. The van der Waals surface area contributed by atoms with E-state index in [-0.39, 0.29) is 0 Å². The third-order valence-corrected chi connectivity index (χ3v) is 7.68. The van der Waals surface area contributed by atoms with Crippen molar-refractivity contribution in [2.45, 2.75) is 17.2 Å². The number of nitrogens with zero attached hydrogens (tertiary/aromatic N) is 7. The van der Waals surface area contributed by atoms with E-state index in [0.717, 1.165) is 59.7 Å². The lowest BCUT2D eigenvalue weighted by Gasteiger charge is -2.35. The molecule has 0 unspecified atom stereocenters. The molecule has 1 aliphatic heterocycles. The van der Waals surface area contributed by atoms with Gasteiger partial charge in [0, 0.05) is 49.6 Å². The van der Waals surface area contributed by atoms with Gasteiger partial charge in [-0.2, -0.15) is 0 Å². The molecule has 0 saturated carbocycles. The van der Waals surface area contributed by atoms with Crippen LogP contribution < -0.4 is 15.5 Å². The number of nitrogens with one attached hydrogen (secondary N) is 2. The third-order valence-electron chi connectivity index (χ3n) is 6.62. The highest BCUT2D eigenvalue weighted by Crippen LogP contribution is 2.37. The average molecular weight is 570 g/mol. The lowest BCUT2D eigenvalue weighted by Crippen LogP contribution is -2.44. The van der Waals surface area contributed by atoms with Gasteiger partial charge in [0.2, 0.25) is 5.89 Å². The minimum Gasteiger partial charge on any atom is -0.411 e. The fourth-order valence-electron chi connectivity index (χ4n) is 4.42. The van der Waals surface area contributed by atoms with Crippen LogP contribution >= 0.6 is 24.0 Å². The molecule has 40 heavy (non-hydrogen) atoms. The standard InChI is InChI=1S/C28H27N9OS2/c1-18-5-7-20(8-6-18)32-27(39)33-23-14-21-22(15-24(23)37-12-10-36(2)11-13-37)30-17-31-26(21)40-28-35-34-25(38-28)19-4-3-9-29-16-19/h3-9,14-17H,10-13H2,1-2H3,(H2,32,33,39). The molecule has 10 nitrogen and oxygen atoms in total. The number of aromatic nitrogens is 5. The second-order valence-electron chi connectivity index (χ2n) is 9.52. The molecule has 0 radical (unpaired) electrons. The summed E-state index contributed by atoms with van der Waals surface area (Å²) >= 11 is 7.01. The van der Waals surface area contributed by atoms with Crippen molar-refractivity contribution in [3.8, 4) is 11.5 Å². The third kappa shape index (κ3) is 5.88. The van der Waals surface area contributed by atoms with Gasteiger partial charge in [-0.1, -0.05) is 17.7 Å². The molecule has 1 saturated heterocycles. The molecule has 2 aromatic carbocycles. The quantitative estimate of drug-likeness (QED) is 0.210. The molecule has 5 aromatic rings.